The third-order valence-corrected chi connectivity index (χ3v) is 4.21. The van der Waals surface area contributed by atoms with Crippen molar-refractivity contribution in [1.82, 2.24) is 5.32 Å². The van der Waals surface area contributed by atoms with Crippen LogP contribution in [-0.2, 0) is 10.2 Å². The van der Waals surface area contributed by atoms with Crippen LogP contribution in [0.15, 0.2) is 30.3 Å². The van der Waals surface area contributed by atoms with E-state index >= 15 is 0 Å². The Balaban J connectivity index is 1.95. The van der Waals surface area contributed by atoms with E-state index in [9.17, 15) is 9.90 Å². The first kappa shape index (κ1) is 14.1. The van der Waals surface area contributed by atoms with Gasteiger partial charge in [-0.05, 0) is 32.3 Å². The van der Waals surface area contributed by atoms with E-state index < -0.39 is 5.41 Å². The predicted molar refractivity (Wildman–Crippen MR) is 75.8 cm³/mol. The van der Waals surface area contributed by atoms with E-state index in [1.165, 1.54) is 0 Å². The molecular weight excluding hydrogens is 238 g/mol. The van der Waals surface area contributed by atoms with E-state index in [0.29, 0.717) is 6.54 Å². The molecule has 2 N–H and O–H groups in total. The lowest BCUT2D eigenvalue weighted by atomic mass is 9.83. The summed E-state index contributed by atoms with van der Waals surface area (Å²) in [6.45, 7) is 4.45. The van der Waals surface area contributed by atoms with Crippen LogP contribution in [0.2, 0.25) is 0 Å². The topological polar surface area (TPSA) is 49.3 Å². The summed E-state index contributed by atoms with van der Waals surface area (Å²) in [6.07, 6.45) is 2.68. The molecule has 0 radical (unpaired) electrons. The normalized spacial score (nSPS) is 23.3. The van der Waals surface area contributed by atoms with E-state index in [1.54, 1.807) is 0 Å². The minimum Gasteiger partial charge on any atom is -0.393 e. The van der Waals surface area contributed by atoms with Crippen molar-refractivity contribution in [3.8, 4) is 0 Å². The maximum Gasteiger partial charge on any atom is 0.230 e. The van der Waals surface area contributed by atoms with Crippen molar-refractivity contribution >= 4 is 5.91 Å². The summed E-state index contributed by atoms with van der Waals surface area (Å²) < 4.78 is 0. The van der Waals surface area contributed by atoms with Crippen LogP contribution in [0.5, 0.6) is 0 Å². The van der Waals surface area contributed by atoms with Gasteiger partial charge in [0.15, 0.2) is 0 Å². The van der Waals surface area contributed by atoms with E-state index in [1.807, 2.05) is 44.2 Å². The van der Waals surface area contributed by atoms with Gasteiger partial charge in [0.25, 0.3) is 0 Å². The van der Waals surface area contributed by atoms with Crippen molar-refractivity contribution in [1.29, 1.82) is 0 Å². The van der Waals surface area contributed by atoms with E-state index in [0.717, 1.165) is 24.8 Å². The zero-order valence-corrected chi connectivity index (χ0v) is 11.7. The highest BCUT2D eigenvalue weighted by atomic mass is 16.3. The molecular formula is C16H23NO2. The van der Waals surface area contributed by atoms with Gasteiger partial charge >= 0.3 is 0 Å². The zero-order valence-electron chi connectivity index (χ0n) is 11.7. The molecule has 3 nitrogen and oxygen atoms in total. The smallest absolute Gasteiger partial charge is 0.230 e. The molecule has 1 aromatic carbocycles. The number of amides is 1. The number of nitrogens with one attached hydrogen (secondary N) is 1. The average Bonchev–Trinajstić information content (AvgIpc) is 2.82. The van der Waals surface area contributed by atoms with E-state index in [2.05, 4.69) is 5.32 Å². The molecule has 0 bridgehead atoms. The second-order valence-electron chi connectivity index (χ2n) is 5.96. The van der Waals surface area contributed by atoms with Crippen LogP contribution in [0, 0.1) is 5.92 Å². The first-order valence-corrected chi connectivity index (χ1v) is 7.03. The van der Waals surface area contributed by atoms with Gasteiger partial charge in [0.05, 0.1) is 11.5 Å². The fourth-order valence-electron chi connectivity index (χ4n) is 2.69. The Bertz CT molecular complexity index is 428. The molecule has 0 spiro atoms. The molecule has 104 valence electrons. The number of aliphatic hydroxyl groups is 1. The molecule has 1 saturated carbocycles. The highest BCUT2D eigenvalue weighted by Crippen LogP contribution is 2.26. The lowest BCUT2D eigenvalue weighted by Crippen LogP contribution is -2.43. The molecule has 0 aromatic heterocycles. The van der Waals surface area contributed by atoms with Crippen molar-refractivity contribution in [2.45, 2.75) is 44.6 Å². The molecule has 2 atom stereocenters. The lowest BCUT2D eigenvalue weighted by Gasteiger charge is -2.25. The van der Waals surface area contributed by atoms with Gasteiger partial charge in [-0.2, -0.15) is 0 Å². The van der Waals surface area contributed by atoms with Crippen LogP contribution in [0.3, 0.4) is 0 Å². The Hall–Kier alpha value is -1.35. The largest absolute Gasteiger partial charge is 0.393 e. The quantitative estimate of drug-likeness (QED) is 0.873. The molecule has 2 rings (SSSR count). The summed E-state index contributed by atoms with van der Waals surface area (Å²) in [7, 11) is 0. The van der Waals surface area contributed by atoms with Crippen molar-refractivity contribution in [2.75, 3.05) is 6.54 Å². The minimum absolute atomic E-state index is 0.0257. The Morgan fingerprint density at radius 2 is 2.00 bits per heavy atom. The van der Waals surface area contributed by atoms with E-state index in [-0.39, 0.29) is 17.9 Å². The van der Waals surface area contributed by atoms with E-state index in [4.69, 9.17) is 0 Å². The molecule has 0 aliphatic heterocycles. The number of aliphatic hydroxyl groups excluding tert-OH is 1. The molecule has 1 amide bonds. The maximum absolute atomic E-state index is 12.3. The lowest BCUT2D eigenvalue weighted by molar-refractivity contribution is -0.126. The fraction of sp³-hybridized carbons (Fsp3) is 0.562. The summed E-state index contributed by atoms with van der Waals surface area (Å²) in [5.41, 5.74) is 0.477. The molecule has 1 aliphatic rings. The van der Waals surface area contributed by atoms with Crippen LogP contribution < -0.4 is 5.32 Å². The van der Waals surface area contributed by atoms with Crippen LogP contribution in [-0.4, -0.2) is 23.7 Å². The van der Waals surface area contributed by atoms with Gasteiger partial charge < -0.3 is 10.4 Å². The summed E-state index contributed by atoms with van der Waals surface area (Å²) in [5, 5.41) is 12.8. The summed E-state index contributed by atoms with van der Waals surface area (Å²) in [5.74, 6) is 0.244. The molecule has 19 heavy (non-hydrogen) atoms. The Labute approximate surface area is 115 Å². The Kier molecular flexibility index (Phi) is 4.25. The first-order chi connectivity index (χ1) is 9.01. The van der Waals surface area contributed by atoms with Crippen LogP contribution in [0.1, 0.15) is 38.7 Å². The number of hydrogen-bond donors (Lipinski definition) is 2. The van der Waals surface area contributed by atoms with Crippen molar-refractivity contribution in [3.05, 3.63) is 35.9 Å². The van der Waals surface area contributed by atoms with Gasteiger partial charge in [0, 0.05) is 12.5 Å². The zero-order chi connectivity index (χ0) is 13.9. The van der Waals surface area contributed by atoms with Gasteiger partial charge in [0.2, 0.25) is 5.91 Å². The Morgan fingerprint density at radius 1 is 1.32 bits per heavy atom. The summed E-state index contributed by atoms with van der Waals surface area (Å²) >= 11 is 0. The van der Waals surface area contributed by atoms with Crippen molar-refractivity contribution in [2.24, 2.45) is 5.92 Å². The van der Waals surface area contributed by atoms with Gasteiger partial charge in [-0.3, -0.25) is 4.79 Å². The molecule has 1 fully saturated rings. The summed E-state index contributed by atoms with van der Waals surface area (Å²) in [6, 6.07) is 9.80. The molecule has 3 heteroatoms. The number of carbonyl (C=O) groups is 1. The highest BCUT2D eigenvalue weighted by Gasteiger charge is 2.31. The van der Waals surface area contributed by atoms with Crippen molar-refractivity contribution in [3.63, 3.8) is 0 Å². The molecule has 0 heterocycles. The molecule has 1 aliphatic carbocycles. The number of carbonyl (C=O) groups excluding carboxylic acids is 1. The van der Waals surface area contributed by atoms with Crippen molar-refractivity contribution < 1.29 is 9.90 Å². The highest BCUT2D eigenvalue weighted by molar-refractivity contribution is 5.87. The monoisotopic (exact) mass is 261 g/mol. The number of rotatable bonds is 4. The van der Waals surface area contributed by atoms with Gasteiger partial charge in [-0.25, -0.2) is 0 Å². The minimum atomic E-state index is -0.537. The van der Waals surface area contributed by atoms with Gasteiger partial charge in [-0.1, -0.05) is 36.8 Å². The third-order valence-electron chi connectivity index (χ3n) is 4.21. The van der Waals surface area contributed by atoms with Crippen LogP contribution >= 0.6 is 0 Å². The SMILES string of the molecule is CC(C)(C(=O)NCC1CCCC1O)c1ccccc1. The second kappa shape index (κ2) is 5.74. The predicted octanol–water partition coefficient (Wildman–Crippen LogP) is 2.24. The summed E-state index contributed by atoms with van der Waals surface area (Å²) in [4.78, 5) is 12.3. The third kappa shape index (κ3) is 3.16. The second-order valence-corrected chi connectivity index (χ2v) is 5.96. The average molecular weight is 261 g/mol. The molecule has 0 saturated heterocycles. The maximum atomic E-state index is 12.3. The number of benzene rings is 1. The first-order valence-electron chi connectivity index (χ1n) is 7.03. The molecule has 1 aromatic rings. The number of hydrogen-bond acceptors (Lipinski definition) is 2. The van der Waals surface area contributed by atoms with Gasteiger partial charge in [0.1, 0.15) is 0 Å². The molecule has 2 unspecified atom stereocenters. The van der Waals surface area contributed by atoms with Gasteiger partial charge in [-0.15, -0.1) is 0 Å². The van der Waals surface area contributed by atoms with Crippen LogP contribution in [0.4, 0.5) is 0 Å². The fourth-order valence-corrected chi connectivity index (χ4v) is 2.69. The standard InChI is InChI=1S/C16H23NO2/c1-16(2,13-8-4-3-5-9-13)15(19)17-11-12-7-6-10-14(12)18/h3-5,8-9,12,14,18H,6-7,10-11H2,1-2H3,(H,17,19). The van der Waals surface area contributed by atoms with Crippen LogP contribution in [0.25, 0.3) is 0 Å². The Morgan fingerprint density at radius 3 is 2.58 bits per heavy atom.